The third kappa shape index (κ3) is 4.16. The second kappa shape index (κ2) is 7.19. The molecule has 0 aliphatic rings. The van der Waals surface area contributed by atoms with Crippen LogP contribution in [0.2, 0.25) is 0 Å². The van der Waals surface area contributed by atoms with E-state index in [4.69, 9.17) is 14.6 Å². The van der Waals surface area contributed by atoms with Crippen LogP contribution in [-0.2, 0) is 4.74 Å². The summed E-state index contributed by atoms with van der Waals surface area (Å²) in [6, 6.07) is 6.23. The third-order valence-corrected chi connectivity index (χ3v) is 2.30. The lowest BCUT2D eigenvalue weighted by molar-refractivity contribution is 0.114. The Hall–Kier alpha value is -1.13. The van der Waals surface area contributed by atoms with Gasteiger partial charge in [-0.3, -0.25) is 0 Å². The standard InChI is InChI=1S/C12H17FO3/c1-15-7-6-10(8-14)9-16-12-5-3-2-4-11(12)13/h2-5,10,14H,6-9H2,1H3. The Morgan fingerprint density at radius 3 is 2.75 bits per heavy atom. The molecular weight excluding hydrogens is 211 g/mol. The molecule has 1 aromatic rings. The highest BCUT2D eigenvalue weighted by Gasteiger charge is 2.09. The van der Waals surface area contributed by atoms with Crippen molar-refractivity contribution in [2.24, 2.45) is 5.92 Å². The summed E-state index contributed by atoms with van der Waals surface area (Å²) in [7, 11) is 1.60. The predicted molar refractivity (Wildman–Crippen MR) is 59.0 cm³/mol. The van der Waals surface area contributed by atoms with E-state index in [-0.39, 0.29) is 24.1 Å². The first-order valence-corrected chi connectivity index (χ1v) is 5.25. The molecule has 1 atom stereocenters. The molecule has 0 saturated heterocycles. The summed E-state index contributed by atoms with van der Waals surface area (Å²) in [5, 5.41) is 9.07. The molecule has 4 heteroatoms. The van der Waals surface area contributed by atoms with Crippen LogP contribution in [0.3, 0.4) is 0 Å². The highest BCUT2D eigenvalue weighted by atomic mass is 19.1. The molecule has 0 bridgehead atoms. The number of hydrogen-bond donors (Lipinski definition) is 1. The number of aliphatic hydroxyl groups excluding tert-OH is 1. The second-order valence-corrected chi connectivity index (χ2v) is 3.57. The van der Waals surface area contributed by atoms with E-state index in [2.05, 4.69) is 0 Å². The molecule has 0 radical (unpaired) electrons. The van der Waals surface area contributed by atoms with Crippen LogP contribution in [-0.4, -0.2) is 32.0 Å². The Bertz CT molecular complexity index is 304. The van der Waals surface area contributed by atoms with Crippen LogP contribution in [0.15, 0.2) is 24.3 Å². The number of rotatable bonds is 7. The maximum absolute atomic E-state index is 13.2. The van der Waals surface area contributed by atoms with Crippen molar-refractivity contribution < 1.29 is 19.0 Å². The van der Waals surface area contributed by atoms with Crippen molar-refractivity contribution in [1.82, 2.24) is 0 Å². The lowest BCUT2D eigenvalue weighted by Gasteiger charge is -2.15. The van der Waals surface area contributed by atoms with Gasteiger partial charge in [-0.15, -0.1) is 0 Å². The molecule has 90 valence electrons. The summed E-state index contributed by atoms with van der Waals surface area (Å²) in [5.74, 6) is -0.191. The Morgan fingerprint density at radius 2 is 2.12 bits per heavy atom. The van der Waals surface area contributed by atoms with Gasteiger partial charge in [-0.2, -0.15) is 0 Å². The number of ether oxygens (including phenoxy) is 2. The van der Waals surface area contributed by atoms with Crippen molar-refractivity contribution in [3.8, 4) is 5.75 Å². The molecule has 1 unspecified atom stereocenters. The van der Waals surface area contributed by atoms with Crippen molar-refractivity contribution in [1.29, 1.82) is 0 Å². The fourth-order valence-corrected chi connectivity index (χ4v) is 1.28. The molecule has 16 heavy (non-hydrogen) atoms. The monoisotopic (exact) mass is 228 g/mol. The fraction of sp³-hybridized carbons (Fsp3) is 0.500. The SMILES string of the molecule is COCCC(CO)COc1ccccc1F. The summed E-state index contributed by atoms with van der Waals surface area (Å²) in [5.41, 5.74) is 0. The van der Waals surface area contributed by atoms with Crippen LogP contribution in [0.25, 0.3) is 0 Å². The van der Waals surface area contributed by atoms with Gasteiger partial charge in [-0.05, 0) is 18.6 Å². The minimum Gasteiger partial charge on any atom is -0.490 e. The zero-order valence-electron chi connectivity index (χ0n) is 9.36. The van der Waals surface area contributed by atoms with Gasteiger partial charge < -0.3 is 14.6 Å². The van der Waals surface area contributed by atoms with Crippen LogP contribution < -0.4 is 4.74 Å². The van der Waals surface area contributed by atoms with Crippen molar-refractivity contribution in [2.75, 3.05) is 26.9 Å². The van der Waals surface area contributed by atoms with Gasteiger partial charge in [-0.25, -0.2) is 4.39 Å². The average Bonchev–Trinajstić information content (AvgIpc) is 2.31. The van der Waals surface area contributed by atoms with Crippen LogP contribution >= 0.6 is 0 Å². The largest absolute Gasteiger partial charge is 0.490 e. The molecule has 0 aromatic heterocycles. The van der Waals surface area contributed by atoms with E-state index in [9.17, 15) is 4.39 Å². The van der Waals surface area contributed by atoms with E-state index in [1.807, 2.05) is 0 Å². The van der Waals surface area contributed by atoms with E-state index in [1.165, 1.54) is 6.07 Å². The lowest BCUT2D eigenvalue weighted by atomic mass is 10.1. The van der Waals surface area contributed by atoms with Gasteiger partial charge in [0.05, 0.1) is 6.61 Å². The molecule has 0 spiro atoms. The quantitative estimate of drug-likeness (QED) is 0.774. The number of halogens is 1. The molecular formula is C12H17FO3. The molecule has 1 aromatic carbocycles. The number of hydrogen-bond acceptors (Lipinski definition) is 3. The molecule has 1 N–H and O–H groups in total. The van der Waals surface area contributed by atoms with Crippen molar-refractivity contribution in [2.45, 2.75) is 6.42 Å². The van der Waals surface area contributed by atoms with Gasteiger partial charge >= 0.3 is 0 Å². The molecule has 0 aliphatic heterocycles. The molecule has 0 aliphatic carbocycles. The molecule has 0 saturated carbocycles. The molecule has 1 rings (SSSR count). The molecule has 0 amide bonds. The number of aliphatic hydroxyl groups is 1. The molecule has 0 heterocycles. The summed E-state index contributed by atoms with van der Waals surface area (Å²) >= 11 is 0. The van der Waals surface area contributed by atoms with Gasteiger partial charge in [0, 0.05) is 26.2 Å². The van der Waals surface area contributed by atoms with Crippen molar-refractivity contribution in [3.63, 3.8) is 0 Å². The van der Waals surface area contributed by atoms with E-state index in [0.717, 1.165) is 0 Å². The van der Waals surface area contributed by atoms with Gasteiger partial charge in [0.2, 0.25) is 0 Å². The highest BCUT2D eigenvalue weighted by Crippen LogP contribution is 2.16. The number of methoxy groups -OCH3 is 1. The van der Waals surface area contributed by atoms with E-state index in [0.29, 0.717) is 19.6 Å². The van der Waals surface area contributed by atoms with Gasteiger partial charge in [-0.1, -0.05) is 12.1 Å². The Kier molecular flexibility index (Phi) is 5.82. The van der Waals surface area contributed by atoms with Crippen LogP contribution in [0.4, 0.5) is 4.39 Å². The minimum absolute atomic E-state index is 0.0117. The van der Waals surface area contributed by atoms with E-state index >= 15 is 0 Å². The second-order valence-electron chi connectivity index (χ2n) is 3.57. The van der Waals surface area contributed by atoms with E-state index < -0.39 is 0 Å². The number of benzene rings is 1. The van der Waals surface area contributed by atoms with Crippen molar-refractivity contribution >= 4 is 0 Å². The van der Waals surface area contributed by atoms with Crippen LogP contribution in [0, 0.1) is 11.7 Å². The van der Waals surface area contributed by atoms with Crippen LogP contribution in [0.1, 0.15) is 6.42 Å². The normalized spacial score (nSPS) is 12.4. The van der Waals surface area contributed by atoms with Gasteiger partial charge in [0.15, 0.2) is 11.6 Å². The summed E-state index contributed by atoms with van der Waals surface area (Å²) in [6.45, 7) is 0.866. The molecule has 0 fully saturated rings. The summed E-state index contributed by atoms with van der Waals surface area (Å²) in [4.78, 5) is 0. The van der Waals surface area contributed by atoms with Gasteiger partial charge in [0.1, 0.15) is 0 Å². The molecule has 3 nitrogen and oxygen atoms in total. The van der Waals surface area contributed by atoms with Crippen LogP contribution in [0.5, 0.6) is 5.75 Å². The highest BCUT2D eigenvalue weighted by molar-refractivity contribution is 5.23. The third-order valence-electron chi connectivity index (χ3n) is 2.30. The summed E-state index contributed by atoms with van der Waals surface area (Å²) < 4.78 is 23.4. The van der Waals surface area contributed by atoms with Crippen molar-refractivity contribution in [3.05, 3.63) is 30.1 Å². The maximum atomic E-state index is 13.2. The Labute approximate surface area is 94.8 Å². The first-order valence-electron chi connectivity index (χ1n) is 5.25. The topological polar surface area (TPSA) is 38.7 Å². The summed E-state index contributed by atoms with van der Waals surface area (Å²) in [6.07, 6.45) is 0.696. The minimum atomic E-state index is -0.383. The lowest BCUT2D eigenvalue weighted by Crippen LogP contribution is -2.18. The smallest absolute Gasteiger partial charge is 0.165 e. The zero-order valence-corrected chi connectivity index (χ0v) is 9.36. The predicted octanol–water partition coefficient (Wildman–Crippen LogP) is 1.85. The fourth-order valence-electron chi connectivity index (χ4n) is 1.28. The Morgan fingerprint density at radius 1 is 1.38 bits per heavy atom. The first-order chi connectivity index (χ1) is 7.77. The number of para-hydroxylation sites is 1. The first kappa shape index (κ1) is 12.9. The zero-order chi connectivity index (χ0) is 11.8. The Balaban J connectivity index is 2.40. The van der Waals surface area contributed by atoms with Gasteiger partial charge in [0.25, 0.3) is 0 Å². The maximum Gasteiger partial charge on any atom is 0.165 e. The van der Waals surface area contributed by atoms with E-state index in [1.54, 1.807) is 25.3 Å². The average molecular weight is 228 g/mol.